The molecular formula is C30H36FN3O6. The molecule has 0 bridgehead atoms. The van der Waals surface area contributed by atoms with Crippen LogP contribution in [0.3, 0.4) is 0 Å². The van der Waals surface area contributed by atoms with Crippen LogP contribution >= 0.6 is 0 Å². The van der Waals surface area contributed by atoms with Gasteiger partial charge in [-0.1, -0.05) is 44.2 Å². The van der Waals surface area contributed by atoms with Crippen molar-refractivity contribution in [2.75, 3.05) is 13.2 Å². The van der Waals surface area contributed by atoms with Crippen molar-refractivity contribution in [2.24, 2.45) is 0 Å². The van der Waals surface area contributed by atoms with E-state index in [0.29, 0.717) is 17.8 Å². The van der Waals surface area contributed by atoms with E-state index in [1.165, 1.54) is 28.9 Å². The zero-order valence-electron chi connectivity index (χ0n) is 22.7. The van der Waals surface area contributed by atoms with E-state index in [9.17, 15) is 24.2 Å². The van der Waals surface area contributed by atoms with Crippen LogP contribution in [-0.4, -0.2) is 67.2 Å². The number of carbonyl (C=O) groups is 2. The zero-order chi connectivity index (χ0) is 28.8. The summed E-state index contributed by atoms with van der Waals surface area (Å²) in [5, 5.41) is 34.0. The number of carboxylic acids is 1. The van der Waals surface area contributed by atoms with Crippen LogP contribution in [0.1, 0.15) is 79.5 Å². The number of aliphatic hydroxyl groups is 2. The van der Waals surface area contributed by atoms with E-state index in [4.69, 9.17) is 9.84 Å². The third-order valence-electron chi connectivity index (χ3n) is 7.04. The summed E-state index contributed by atoms with van der Waals surface area (Å²) in [6.07, 6.45) is -0.405. The first-order chi connectivity index (χ1) is 19.2. The van der Waals surface area contributed by atoms with Crippen molar-refractivity contribution in [2.45, 2.75) is 70.1 Å². The highest BCUT2D eigenvalue weighted by Crippen LogP contribution is 2.37. The lowest BCUT2D eigenvalue weighted by atomic mass is 9.94. The Morgan fingerprint density at radius 3 is 2.40 bits per heavy atom. The van der Waals surface area contributed by atoms with Gasteiger partial charge < -0.3 is 25.0 Å². The molecule has 1 aliphatic rings. The normalized spacial score (nSPS) is 17.1. The third kappa shape index (κ3) is 6.86. The molecule has 40 heavy (non-hydrogen) atoms. The number of benzene rings is 2. The minimum Gasteiger partial charge on any atom is -0.481 e. The summed E-state index contributed by atoms with van der Waals surface area (Å²) < 4.78 is 21.2. The molecule has 2 aromatic carbocycles. The third-order valence-corrected chi connectivity index (χ3v) is 7.04. The number of hydrogen-bond acceptors (Lipinski definition) is 6. The Morgan fingerprint density at radius 2 is 1.75 bits per heavy atom. The van der Waals surface area contributed by atoms with Crippen LogP contribution in [-0.2, 0) is 4.79 Å². The predicted octanol–water partition coefficient (Wildman–Crippen LogP) is 4.47. The first kappa shape index (κ1) is 29.2. The lowest BCUT2D eigenvalue weighted by molar-refractivity contribution is -0.139. The second kappa shape index (κ2) is 13.1. The molecule has 10 heteroatoms. The molecule has 2 heterocycles. The van der Waals surface area contributed by atoms with E-state index in [1.54, 1.807) is 0 Å². The molecule has 4 rings (SSSR count). The summed E-state index contributed by atoms with van der Waals surface area (Å²) >= 11 is 0. The van der Waals surface area contributed by atoms with Gasteiger partial charge in [0, 0.05) is 18.5 Å². The molecule has 0 radical (unpaired) electrons. The quantitative estimate of drug-likeness (QED) is 0.320. The maximum Gasteiger partial charge on any atom is 0.305 e. The maximum absolute atomic E-state index is 14.1. The molecule has 0 spiro atoms. The van der Waals surface area contributed by atoms with E-state index < -0.39 is 30.4 Å². The van der Waals surface area contributed by atoms with Crippen molar-refractivity contribution >= 4 is 11.9 Å². The lowest BCUT2D eigenvalue weighted by Crippen LogP contribution is -2.39. The number of carboxylic acid groups (broad SMARTS) is 1. The highest BCUT2D eigenvalue weighted by Gasteiger charge is 2.35. The number of piperidine rings is 1. The van der Waals surface area contributed by atoms with Gasteiger partial charge >= 0.3 is 5.97 Å². The second-order valence-electron chi connectivity index (χ2n) is 10.5. The first-order valence-electron chi connectivity index (χ1n) is 13.6. The summed E-state index contributed by atoms with van der Waals surface area (Å²) in [6.45, 7) is 4.13. The van der Waals surface area contributed by atoms with Crippen LogP contribution < -0.4 is 4.74 Å². The summed E-state index contributed by atoms with van der Waals surface area (Å²) in [5.41, 5.74) is 2.29. The molecule has 3 N–H and O–H groups in total. The van der Waals surface area contributed by atoms with E-state index in [0.717, 1.165) is 24.8 Å². The molecule has 0 aliphatic carbocycles. The Hall–Kier alpha value is -3.76. The summed E-state index contributed by atoms with van der Waals surface area (Å²) in [6, 6.07) is 15.4. The largest absolute Gasteiger partial charge is 0.481 e. The number of carbonyl (C=O) groups excluding carboxylic acids is 1. The van der Waals surface area contributed by atoms with E-state index in [1.807, 2.05) is 49.1 Å². The number of aromatic nitrogens is 2. The molecule has 1 aliphatic heterocycles. The van der Waals surface area contributed by atoms with Gasteiger partial charge in [0.05, 0.1) is 30.4 Å². The number of hydrogen-bond donors (Lipinski definition) is 3. The number of nitrogens with zero attached hydrogens (tertiary/aromatic N) is 3. The van der Waals surface area contributed by atoms with Gasteiger partial charge in [-0.25, -0.2) is 9.07 Å². The number of rotatable bonds is 11. The van der Waals surface area contributed by atoms with Gasteiger partial charge in [0.1, 0.15) is 12.4 Å². The van der Waals surface area contributed by atoms with Gasteiger partial charge in [0.25, 0.3) is 5.91 Å². The average Bonchev–Trinajstić information content (AvgIpc) is 3.31. The van der Waals surface area contributed by atoms with Gasteiger partial charge in [0.2, 0.25) is 5.88 Å². The highest BCUT2D eigenvalue weighted by molar-refractivity contribution is 5.95. The highest BCUT2D eigenvalue weighted by atomic mass is 19.1. The number of aliphatic carboxylic acids is 1. The van der Waals surface area contributed by atoms with Crippen LogP contribution in [0.5, 0.6) is 5.88 Å². The number of halogens is 1. The molecule has 1 unspecified atom stereocenters. The lowest BCUT2D eigenvalue weighted by Gasteiger charge is -2.36. The number of likely N-dealkylation sites (tertiary alicyclic amines) is 1. The number of amides is 1. The van der Waals surface area contributed by atoms with Crippen molar-refractivity contribution < 1.29 is 34.0 Å². The fourth-order valence-electron chi connectivity index (χ4n) is 5.16. The van der Waals surface area contributed by atoms with E-state index in [2.05, 4.69) is 5.10 Å². The van der Waals surface area contributed by atoms with E-state index in [-0.39, 0.29) is 42.5 Å². The zero-order valence-corrected chi connectivity index (χ0v) is 22.7. The molecular weight excluding hydrogens is 517 g/mol. The molecule has 1 fully saturated rings. The molecule has 1 saturated heterocycles. The Morgan fingerprint density at radius 1 is 1.05 bits per heavy atom. The standard InChI is InChI=1S/C30H36FN3O6/c1-19(2)27-28(29(39)33-15-7-6-10-25(33)20-8-4-3-5-9-20)32-34(22-13-11-21(31)12-14-22)30(27)40-18-24(36)16-23(35)17-26(37)38/h3-5,8-9,11-14,19,23-25,35-36H,6-7,10,15-18H2,1-2H3,(H,37,38)/t23-,24+,25?/m1/s1. The van der Waals surface area contributed by atoms with Gasteiger partial charge in [-0.05, 0) is 55.0 Å². The van der Waals surface area contributed by atoms with Crippen molar-refractivity contribution in [3.63, 3.8) is 0 Å². The topological polar surface area (TPSA) is 125 Å². The average molecular weight is 554 g/mol. The predicted molar refractivity (Wildman–Crippen MR) is 146 cm³/mol. The Labute approximate surface area is 232 Å². The summed E-state index contributed by atoms with van der Waals surface area (Å²) in [4.78, 5) is 26.9. The van der Waals surface area contributed by atoms with E-state index >= 15 is 0 Å². The van der Waals surface area contributed by atoms with Gasteiger partial charge in [-0.3, -0.25) is 9.59 Å². The molecule has 0 saturated carbocycles. The van der Waals surface area contributed by atoms with Gasteiger partial charge in [0.15, 0.2) is 5.69 Å². The number of ether oxygens (including phenoxy) is 1. The molecule has 1 amide bonds. The van der Waals surface area contributed by atoms with Crippen LogP contribution in [0, 0.1) is 5.82 Å². The minimum absolute atomic E-state index is 0.0969. The SMILES string of the molecule is CC(C)c1c(C(=O)N2CCCCC2c2ccccc2)nn(-c2ccc(F)cc2)c1OC[C@@H](O)C[C@@H](O)CC(=O)O. The monoisotopic (exact) mass is 553 g/mol. The second-order valence-corrected chi connectivity index (χ2v) is 10.5. The fraction of sp³-hybridized carbons (Fsp3) is 0.433. The Kier molecular flexibility index (Phi) is 9.54. The van der Waals surface area contributed by atoms with Crippen LogP contribution in [0.15, 0.2) is 54.6 Å². The van der Waals surface area contributed by atoms with Gasteiger partial charge in [-0.2, -0.15) is 5.10 Å². The van der Waals surface area contributed by atoms with Crippen molar-refractivity contribution in [3.05, 3.63) is 77.2 Å². The van der Waals surface area contributed by atoms with Crippen LogP contribution in [0.2, 0.25) is 0 Å². The van der Waals surface area contributed by atoms with Crippen molar-refractivity contribution in [1.82, 2.24) is 14.7 Å². The first-order valence-corrected chi connectivity index (χ1v) is 13.6. The smallest absolute Gasteiger partial charge is 0.305 e. The summed E-state index contributed by atoms with van der Waals surface area (Å²) in [7, 11) is 0. The van der Waals surface area contributed by atoms with Crippen LogP contribution in [0.25, 0.3) is 5.69 Å². The molecule has 3 atom stereocenters. The minimum atomic E-state index is -1.24. The number of aliphatic hydroxyl groups excluding tert-OH is 2. The van der Waals surface area contributed by atoms with Crippen molar-refractivity contribution in [3.8, 4) is 11.6 Å². The molecule has 1 aromatic heterocycles. The Balaban J connectivity index is 1.71. The maximum atomic E-state index is 14.1. The molecule has 9 nitrogen and oxygen atoms in total. The fourth-order valence-corrected chi connectivity index (χ4v) is 5.16. The molecule has 3 aromatic rings. The summed E-state index contributed by atoms with van der Waals surface area (Å²) in [5.74, 6) is -1.81. The van der Waals surface area contributed by atoms with Crippen molar-refractivity contribution in [1.29, 1.82) is 0 Å². The molecule has 214 valence electrons. The van der Waals surface area contributed by atoms with Gasteiger partial charge in [-0.15, -0.1) is 0 Å². The van der Waals surface area contributed by atoms with Crippen LogP contribution in [0.4, 0.5) is 4.39 Å². The Bertz CT molecular complexity index is 1290.